The molecular weight excluding hydrogens is 780 g/mol. The van der Waals surface area contributed by atoms with E-state index < -0.39 is 40.8 Å². The summed E-state index contributed by atoms with van der Waals surface area (Å²) >= 11 is 8.41. The molecule has 8 atom stereocenters. The molecule has 3 aliphatic carbocycles. The van der Waals surface area contributed by atoms with Crippen LogP contribution >= 0.6 is 22.9 Å². The van der Waals surface area contributed by atoms with Crippen LogP contribution in [0.5, 0.6) is 11.5 Å². The van der Waals surface area contributed by atoms with Crippen molar-refractivity contribution in [1.29, 1.82) is 0 Å². The standard InChI is InChI=1S/C44H55ClN4O8S/c1-10-26-19-44(26,41(53)55-9)20-33(50)32-16-28(21-49(32)40(52)30(43(5,6)7)17-36(51)57-27-14-24-13-25(24)15-27)56-35-18-31(38-23(4)58-42(48-38)46-22(2)3)47-39-29(35)11-12-34(54-8)37(39)45/h10-12,18,22,24-28,30,32H,1,13-17,19-21H2,2-9H3,(H,46,48)/t24-,25+,26-,27?,28-,30-,32+,44-/m1/s1. The average molecular weight is 835 g/mol. The van der Waals surface area contributed by atoms with Gasteiger partial charge in [0.25, 0.3) is 0 Å². The molecule has 0 radical (unpaired) electrons. The summed E-state index contributed by atoms with van der Waals surface area (Å²) in [7, 11) is 2.85. The zero-order chi connectivity index (χ0) is 41.8. The molecule has 1 amide bonds. The second-order valence-corrected chi connectivity index (χ2v) is 19.6. The maximum absolute atomic E-state index is 14.9. The van der Waals surface area contributed by atoms with Crippen LogP contribution in [0.3, 0.4) is 0 Å². The number of Topliss-reactive ketones (excluding diaryl/α,β-unsaturated/α-hetero) is 1. The molecule has 7 rings (SSSR count). The Labute approximate surface area is 349 Å². The van der Waals surface area contributed by atoms with Crippen molar-refractivity contribution >= 4 is 62.6 Å². The molecule has 3 heterocycles. The first kappa shape index (κ1) is 41.9. The van der Waals surface area contributed by atoms with Crippen molar-refractivity contribution in [3.05, 3.63) is 40.8 Å². The van der Waals surface area contributed by atoms with Gasteiger partial charge in [-0.3, -0.25) is 19.2 Å². The maximum Gasteiger partial charge on any atom is 0.312 e. The number of allylic oxidation sites excluding steroid dienone is 1. The zero-order valence-corrected chi connectivity index (χ0v) is 36.3. The minimum absolute atomic E-state index is 0.0696. The molecule has 14 heteroatoms. The van der Waals surface area contributed by atoms with Gasteiger partial charge in [-0.15, -0.1) is 17.9 Å². The van der Waals surface area contributed by atoms with Crippen LogP contribution in [0.15, 0.2) is 30.9 Å². The third kappa shape index (κ3) is 8.30. The second-order valence-electron chi connectivity index (χ2n) is 18.0. The molecule has 1 aliphatic heterocycles. The Hall–Kier alpha value is -4.23. The maximum atomic E-state index is 14.9. The number of fused-ring (bicyclic) bond motifs is 2. The van der Waals surface area contributed by atoms with Gasteiger partial charge in [0.2, 0.25) is 5.91 Å². The highest BCUT2D eigenvalue weighted by atomic mass is 35.5. The molecule has 1 saturated heterocycles. The second kappa shape index (κ2) is 16.1. The lowest BCUT2D eigenvalue weighted by atomic mass is 9.77. The number of pyridine rings is 1. The number of carbonyl (C=O) groups excluding carboxylic acids is 4. The minimum atomic E-state index is -1.03. The third-order valence-electron chi connectivity index (χ3n) is 12.4. The number of aromatic nitrogens is 2. The Bertz CT molecular complexity index is 2120. The zero-order valence-electron chi connectivity index (χ0n) is 34.7. The first-order chi connectivity index (χ1) is 27.5. The number of hydrogen-bond acceptors (Lipinski definition) is 12. The third-order valence-corrected chi connectivity index (χ3v) is 13.7. The summed E-state index contributed by atoms with van der Waals surface area (Å²) in [6.07, 6.45) is 4.25. The van der Waals surface area contributed by atoms with E-state index in [1.54, 1.807) is 17.0 Å². The number of esters is 2. The van der Waals surface area contributed by atoms with Crippen LogP contribution in [0.1, 0.15) is 84.4 Å². The van der Waals surface area contributed by atoms with E-state index in [-0.39, 0.29) is 55.6 Å². The van der Waals surface area contributed by atoms with E-state index in [9.17, 15) is 19.2 Å². The Morgan fingerprint density at radius 3 is 2.41 bits per heavy atom. The molecule has 1 N–H and O–H groups in total. The number of ether oxygens (including phenoxy) is 4. The molecule has 2 aromatic heterocycles. The van der Waals surface area contributed by atoms with Crippen LogP contribution in [0.2, 0.25) is 5.02 Å². The van der Waals surface area contributed by atoms with E-state index in [4.69, 9.17) is 40.5 Å². The molecule has 0 spiro atoms. The fourth-order valence-electron chi connectivity index (χ4n) is 9.04. The Morgan fingerprint density at radius 1 is 1.07 bits per heavy atom. The van der Waals surface area contributed by atoms with E-state index in [2.05, 4.69) is 11.9 Å². The monoisotopic (exact) mass is 834 g/mol. The number of rotatable bonds is 15. The summed E-state index contributed by atoms with van der Waals surface area (Å²) in [5.41, 5.74) is -0.0145. The van der Waals surface area contributed by atoms with Crippen molar-refractivity contribution in [2.24, 2.45) is 34.5 Å². The van der Waals surface area contributed by atoms with E-state index >= 15 is 0 Å². The van der Waals surface area contributed by atoms with E-state index in [1.165, 1.54) is 32.0 Å². The van der Waals surface area contributed by atoms with E-state index in [0.29, 0.717) is 57.1 Å². The number of methoxy groups -OCH3 is 2. The summed E-state index contributed by atoms with van der Waals surface area (Å²) in [5, 5.41) is 5.05. The number of amides is 1. The number of nitrogens with zero attached hydrogens (tertiary/aromatic N) is 3. The smallest absolute Gasteiger partial charge is 0.312 e. The van der Waals surface area contributed by atoms with Gasteiger partial charge in [-0.25, -0.2) is 9.97 Å². The molecule has 1 aromatic carbocycles. The van der Waals surface area contributed by atoms with Gasteiger partial charge in [0.05, 0.1) is 55.8 Å². The topological polar surface area (TPSA) is 146 Å². The quantitative estimate of drug-likeness (QED) is 0.117. The lowest BCUT2D eigenvalue weighted by molar-refractivity contribution is -0.157. The van der Waals surface area contributed by atoms with Crippen molar-refractivity contribution < 1.29 is 38.1 Å². The molecule has 3 aromatic rings. The van der Waals surface area contributed by atoms with Crippen LogP contribution < -0.4 is 14.8 Å². The Morgan fingerprint density at radius 2 is 1.79 bits per heavy atom. The largest absolute Gasteiger partial charge is 0.495 e. The van der Waals surface area contributed by atoms with E-state index in [0.717, 1.165) is 22.9 Å². The molecular formula is C44H55ClN4O8S. The number of hydrogen-bond donors (Lipinski definition) is 1. The van der Waals surface area contributed by atoms with Crippen LogP contribution in [-0.4, -0.2) is 83.6 Å². The number of aryl methyl sites for hydroxylation is 1. The molecule has 4 aliphatic rings. The van der Waals surface area contributed by atoms with Gasteiger partial charge < -0.3 is 29.2 Å². The lowest BCUT2D eigenvalue weighted by Crippen LogP contribution is -2.48. The minimum Gasteiger partial charge on any atom is -0.495 e. The number of thiazole rings is 1. The molecule has 312 valence electrons. The number of ketones is 1. The van der Waals surface area contributed by atoms with Crippen molar-refractivity contribution in [3.63, 3.8) is 0 Å². The number of carbonyl (C=O) groups is 4. The lowest BCUT2D eigenvalue weighted by Gasteiger charge is -2.35. The van der Waals surface area contributed by atoms with Gasteiger partial charge in [-0.2, -0.15) is 0 Å². The highest BCUT2D eigenvalue weighted by Crippen LogP contribution is 2.57. The van der Waals surface area contributed by atoms with Crippen molar-refractivity contribution in [1.82, 2.24) is 14.9 Å². The van der Waals surface area contributed by atoms with Gasteiger partial charge in [0.15, 0.2) is 10.9 Å². The predicted molar refractivity (Wildman–Crippen MR) is 223 cm³/mol. The fraction of sp³-hybridized carbons (Fsp3) is 0.591. The molecule has 0 bridgehead atoms. The number of likely N-dealkylation sites (tertiary alicyclic amines) is 1. The predicted octanol–water partition coefficient (Wildman–Crippen LogP) is 8.22. The number of benzene rings is 1. The highest BCUT2D eigenvalue weighted by Gasteiger charge is 2.61. The Balaban J connectivity index is 1.22. The summed E-state index contributed by atoms with van der Waals surface area (Å²) < 4.78 is 23.4. The molecule has 3 saturated carbocycles. The number of anilines is 1. The fourth-order valence-corrected chi connectivity index (χ4v) is 10.3. The van der Waals surface area contributed by atoms with Gasteiger partial charge >= 0.3 is 11.9 Å². The van der Waals surface area contributed by atoms with Crippen molar-refractivity contribution in [2.75, 3.05) is 26.1 Å². The van der Waals surface area contributed by atoms with Crippen LogP contribution in [0.4, 0.5) is 5.13 Å². The first-order valence-electron chi connectivity index (χ1n) is 20.3. The van der Waals surface area contributed by atoms with E-state index in [1.807, 2.05) is 53.7 Å². The first-order valence-corrected chi connectivity index (χ1v) is 21.5. The molecule has 12 nitrogen and oxygen atoms in total. The van der Waals surface area contributed by atoms with Gasteiger partial charge in [0, 0.05) is 35.2 Å². The van der Waals surface area contributed by atoms with Crippen molar-refractivity contribution in [2.45, 2.75) is 111 Å². The summed E-state index contributed by atoms with van der Waals surface area (Å²) in [4.78, 5) is 68.2. The van der Waals surface area contributed by atoms with Gasteiger partial charge in [-0.1, -0.05) is 38.4 Å². The van der Waals surface area contributed by atoms with Crippen LogP contribution in [0.25, 0.3) is 22.3 Å². The molecule has 4 fully saturated rings. The number of halogens is 1. The average Bonchev–Trinajstić information content (AvgIpc) is 3.88. The van der Waals surface area contributed by atoms with Gasteiger partial charge in [-0.05, 0) is 81.8 Å². The highest BCUT2D eigenvalue weighted by molar-refractivity contribution is 7.16. The SMILES string of the molecule is C=C[C@@H]1C[C@]1(CC(=O)[C@@H]1C[C@@H](Oc2cc(-c3nc(NC(C)C)sc3C)nc3c(Cl)c(OC)ccc23)CN1C(=O)[C@@H](CC(=O)OC1C[C@@H]2C[C@@H]2C1)C(C)(C)C)C(=O)OC. The molecule has 1 unspecified atom stereocenters. The van der Waals surface area contributed by atoms with Crippen LogP contribution in [0, 0.1) is 41.4 Å². The van der Waals surface area contributed by atoms with Crippen LogP contribution in [-0.2, 0) is 28.7 Å². The molecule has 58 heavy (non-hydrogen) atoms. The van der Waals surface area contributed by atoms with Crippen molar-refractivity contribution in [3.8, 4) is 22.9 Å². The summed E-state index contributed by atoms with van der Waals surface area (Å²) in [6.45, 7) is 15.8. The summed E-state index contributed by atoms with van der Waals surface area (Å²) in [5.74, 6) is -0.291. The Kier molecular flexibility index (Phi) is 11.6. The van der Waals surface area contributed by atoms with Gasteiger partial charge in [0.1, 0.15) is 34.4 Å². The summed E-state index contributed by atoms with van der Waals surface area (Å²) in [6, 6.07) is 4.64. The normalized spacial score (nSPS) is 26.6. The number of nitrogens with one attached hydrogen (secondary N) is 1.